The molecule has 2 aromatic carbocycles. The van der Waals surface area contributed by atoms with Crippen LogP contribution >= 0.6 is 34.8 Å². The number of halogens is 4. The molecule has 3 aromatic rings. The van der Waals surface area contributed by atoms with E-state index in [1.54, 1.807) is 11.5 Å². The lowest BCUT2D eigenvalue weighted by molar-refractivity contribution is 0.407. The Balaban J connectivity index is 1.87. The quantitative estimate of drug-likeness (QED) is 0.487. The van der Waals surface area contributed by atoms with Crippen LogP contribution in [0.25, 0.3) is 0 Å². The average molecular weight is 494 g/mol. The van der Waals surface area contributed by atoms with Gasteiger partial charge in [0.1, 0.15) is 16.5 Å². The first kappa shape index (κ1) is 22.8. The molecule has 1 heterocycles. The molecular weight excluding hydrogens is 478 g/mol. The van der Waals surface area contributed by atoms with Crippen molar-refractivity contribution in [1.82, 2.24) is 19.5 Å². The van der Waals surface area contributed by atoms with E-state index in [1.165, 1.54) is 36.4 Å². The highest BCUT2D eigenvalue weighted by atomic mass is 35.5. The predicted octanol–water partition coefficient (Wildman–Crippen LogP) is 5.23. The second kappa shape index (κ2) is 9.07. The highest BCUT2D eigenvalue weighted by molar-refractivity contribution is 7.89. The SMILES string of the molecule is CCn1c(Oc2ccc(F)cc2)nnc1[C@@H](C)NS(=O)(=O)c1c(Cl)cc(Cl)cc1Cl. The molecule has 0 saturated carbocycles. The van der Waals surface area contributed by atoms with Crippen LogP contribution in [0.15, 0.2) is 41.3 Å². The number of nitrogens with one attached hydrogen (secondary N) is 1. The number of rotatable bonds is 7. The molecule has 0 aliphatic rings. The number of benzene rings is 2. The second-order valence-corrected chi connectivity index (χ2v) is 9.08. The largest absolute Gasteiger partial charge is 0.424 e. The Morgan fingerprint density at radius 1 is 1.13 bits per heavy atom. The molecule has 0 fully saturated rings. The van der Waals surface area contributed by atoms with Crippen LogP contribution in [0.4, 0.5) is 4.39 Å². The summed E-state index contributed by atoms with van der Waals surface area (Å²) in [5, 5.41) is 8.00. The van der Waals surface area contributed by atoms with E-state index in [0.29, 0.717) is 18.1 Å². The molecule has 0 spiro atoms. The van der Waals surface area contributed by atoms with Crippen molar-refractivity contribution in [2.24, 2.45) is 0 Å². The molecule has 160 valence electrons. The summed E-state index contributed by atoms with van der Waals surface area (Å²) in [5.74, 6) is 0.264. The van der Waals surface area contributed by atoms with Crippen LogP contribution in [0.2, 0.25) is 15.1 Å². The van der Waals surface area contributed by atoms with Gasteiger partial charge in [-0.25, -0.2) is 17.5 Å². The summed E-state index contributed by atoms with van der Waals surface area (Å²) in [6.45, 7) is 3.80. The van der Waals surface area contributed by atoms with Crippen molar-refractivity contribution in [3.8, 4) is 11.8 Å². The molecule has 0 amide bonds. The summed E-state index contributed by atoms with van der Waals surface area (Å²) >= 11 is 17.9. The topological polar surface area (TPSA) is 86.1 Å². The Morgan fingerprint density at radius 2 is 1.73 bits per heavy atom. The highest BCUT2D eigenvalue weighted by Gasteiger charge is 2.27. The third-order valence-corrected chi connectivity index (χ3v) is 6.72. The number of ether oxygens (including phenoxy) is 1. The molecule has 0 bridgehead atoms. The average Bonchev–Trinajstić information content (AvgIpc) is 3.04. The van der Waals surface area contributed by atoms with Crippen molar-refractivity contribution >= 4 is 44.8 Å². The lowest BCUT2D eigenvalue weighted by Gasteiger charge is -2.16. The summed E-state index contributed by atoms with van der Waals surface area (Å²) in [4.78, 5) is -0.285. The summed E-state index contributed by atoms with van der Waals surface area (Å²) in [6, 6.07) is 7.30. The molecule has 0 aliphatic heterocycles. The van der Waals surface area contributed by atoms with Gasteiger partial charge < -0.3 is 4.74 Å². The van der Waals surface area contributed by atoms with Crippen LogP contribution in [0.3, 0.4) is 0 Å². The molecular formula is C18H16Cl3FN4O3S. The van der Waals surface area contributed by atoms with Gasteiger partial charge in [-0.2, -0.15) is 0 Å². The fraction of sp³-hybridized carbons (Fsp3) is 0.222. The van der Waals surface area contributed by atoms with Gasteiger partial charge in [-0.3, -0.25) is 4.57 Å². The maximum Gasteiger partial charge on any atom is 0.322 e. The molecule has 0 unspecified atom stereocenters. The molecule has 1 aromatic heterocycles. The summed E-state index contributed by atoms with van der Waals surface area (Å²) in [6.07, 6.45) is 0. The predicted molar refractivity (Wildman–Crippen MR) is 112 cm³/mol. The lowest BCUT2D eigenvalue weighted by atomic mass is 10.3. The Labute approximate surface area is 187 Å². The highest BCUT2D eigenvalue weighted by Crippen LogP contribution is 2.33. The molecule has 0 saturated heterocycles. The monoisotopic (exact) mass is 492 g/mol. The fourth-order valence-electron chi connectivity index (χ4n) is 2.73. The number of hydrogen-bond acceptors (Lipinski definition) is 5. The van der Waals surface area contributed by atoms with Gasteiger partial charge in [0, 0.05) is 11.6 Å². The summed E-state index contributed by atoms with van der Waals surface area (Å²) in [5.41, 5.74) is 0. The van der Waals surface area contributed by atoms with Gasteiger partial charge in [0.25, 0.3) is 0 Å². The number of aromatic nitrogens is 3. The Morgan fingerprint density at radius 3 is 2.30 bits per heavy atom. The van der Waals surface area contributed by atoms with E-state index >= 15 is 0 Å². The van der Waals surface area contributed by atoms with Crippen LogP contribution in [0.5, 0.6) is 11.8 Å². The molecule has 0 aliphatic carbocycles. The zero-order valence-electron chi connectivity index (χ0n) is 15.7. The third-order valence-electron chi connectivity index (χ3n) is 4.04. The fourth-order valence-corrected chi connectivity index (χ4v) is 5.48. The van der Waals surface area contributed by atoms with Crippen molar-refractivity contribution in [2.75, 3.05) is 0 Å². The van der Waals surface area contributed by atoms with Gasteiger partial charge in [-0.1, -0.05) is 39.9 Å². The summed E-state index contributed by atoms with van der Waals surface area (Å²) in [7, 11) is -4.10. The smallest absolute Gasteiger partial charge is 0.322 e. The first-order valence-corrected chi connectivity index (χ1v) is 11.3. The first-order chi connectivity index (χ1) is 14.1. The molecule has 1 atom stereocenters. The second-order valence-electron chi connectivity index (χ2n) is 6.18. The minimum Gasteiger partial charge on any atom is -0.424 e. The zero-order chi connectivity index (χ0) is 22.1. The van der Waals surface area contributed by atoms with Gasteiger partial charge in [-0.05, 0) is 50.2 Å². The zero-order valence-corrected chi connectivity index (χ0v) is 18.8. The summed E-state index contributed by atoms with van der Waals surface area (Å²) < 4.78 is 48.5. The normalized spacial score (nSPS) is 12.7. The maximum atomic E-state index is 13.1. The Bertz CT molecular complexity index is 1150. The Kier molecular flexibility index (Phi) is 6.88. The lowest BCUT2D eigenvalue weighted by Crippen LogP contribution is -2.29. The van der Waals surface area contributed by atoms with Gasteiger partial charge >= 0.3 is 6.01 Å². The number of hydrogen-bond donors (Lipinski definition) is 1. The molecule has 30 heavy (non-hydrogen) atoms. The molecule has 1 N–H and O–H groups in total. The molecule has 3 rings (SSSR count). The van der Waals surface area contributed by atoms with Crippen molar-refractivity contribution < 1.29 is 17.5 Å². The van der Waals surface area contributed by atoms with E-state index in [1.807, 2.05) is 6.92 Å². The van der Waals surface area contributed by atoms with Crippen LogP contribution in [0, 0.1) is 5.82 Å². The first-order valence-electron chi connectivity index (χ1n) is 8.65. The minimum atomic E-state index is -4.10. The van der Waals surface area contributed by atoms with Crippen molar-refractivity contribution in [3.05, 3.63) is 63.1 Å². The van der Waals surface area contributed by atoms with E-state index in [-0.39, 0.29) is 26.0 Å². The molecule has 12 heteroatoms. The van der Waals surface area contributed by atoms with Gasteiger partial charge in [0.2, 0.25) is 10.0 Å². The maximum absolute atomic E-state index is 13.1. The molecule has 0 radical (unpaired) electrons. The van der Waals surface area contributed by atoms with E-state index in [4.69, 9.17) is 39.5 Å². The van der Waals surface area contributed by atoms with Crippen molar-refractivity contribution in [3.63, 3.8) is 0 Å². The van der Waals surface area contributed by atoms with Gasteiger partial charge in [-0.15, -0.1) is 5.10 Å². The van der Waals surface area contributed by atoms with Crippen LogP contribution in [0.1, 0.15) is 25.7 Å². The van der Waals surface area contributed by atoms with E-state index in [2.05, 4.69) is 14.9 Å². The van der Waals surface area contributed by atoms with E-state index < -0.39 is 21.9 Å². The minimum absolute atomic E-state index is 0.107. The van der Waals surface area contributed by atoms with E-state index in [0.717, 1.165) is 0 Å². The number of nitrogens with zero attached hydrogens (tertiary/aromatic N) is 3. The third kappa shape index (κ3) is 4.87. The standard InChI is InChI=1S/C18H16Cl3FN4O3S/c1-3-26-17(23-24-18(26)29-13-6-4-12(22)5-7-13)10(2)25-30(27,28)16-14(20)8-11(19)9-15(16)21/h4-10,25H,3H2,1-2H3/t10-/m1/s1. The van der Waals surface area contributed by atoms with Gasteiger partial charge in [0.15, 0.2) is 5.82 Å². The van der Waals surface area contributed by atoms with Crippen molar-refractivity contribution in [1.29, 1.82) is 0 Å². The Hall–Kier alpha value is -1.91. The molecule has 7 nitrogen and oxygen atoms in total. The van der Waals surface area contributed by atoms with Crippen LogP contribution < -0.4 is 9.46 Å². The van der Waals surface area contributed by atoms with Crippen LogP contribution in [-0.2, 0) is 16.6 Å². The van der Waals surface area contributed by atoms with Crippen molar-refractivity contribution in [2.45, 2.75) is 31.3 Å². The number of sulfonamides is 1. The van der Waals surface area contributed by atoms with Gasteiger partial charge in [0.05, 0.1) is 16.1 Å². The van der Waals surface area contributed by atoms with E-state index in [9.17, 15) is 12.8 Å². The van der Waals surface area contributed by atoms with Crippen LogP contribution in [-0.4, -0.2) is 23.2 Å².